The second kappa shape index (κ2) is 9.76. The Bertz CT molecular complexity index is 856. The number of piperidine rings is 1. The van der Waals surface area contributed by atoms with Crippen LogP contribution in [-0.2, 0) is 9.59 Å². The summed E-state index contributed by atoms with van der Waals surface area (Å²) in [6.45, 7) is 8.72. The highest BCUT2D eigenvalue weighted by molar-refractivity contribution is 8.04. The standard InChI is InChI=1S/C24H34N4O2S/c1-15(2)10-11-25-22(29)17-8-6-12-28(13-17)24-26-20-19(14-31-21(20)23(30)27-24)18-9-5-4-7-16(18)3/h4-5,7,9,14-15,17,20-21,24,26H,6,8,10-13H2,1-3H3,(H,25,29)(H,27,30). The van der Waals surface area contributed by atoms with Crippen molar-refractivity contribution in [1.82, 2.24) is 20.9 Å². The third kappa shape index (κ3) is 4.99. The van der Waals surface area contributed by atoms with Gasteiger partial charge in [0, 0.05) is 19.6 Å². The van der Waals surface area contributed by atoms with Crippen molar-refractivity contribution in [1.29, 1.82) is 0 Å². The first kappa shape index (κ1) is 22.4. The summed E-state index contributed by atoms with van der Waals surface area (Å²) in [4.78, 5) is 27.8. The molecule has 3 N–H and O–H groups in total. The molecule has 168 valence electrons. The Hall–Kier alpha value is -1.83. The lowest BCUT2D eigenvalue weighted by Gasteiger charge is -2.43. The van der Waals surface area contributed by atoms with Crippen LogP contribution in [0.1, 0.15) is 44.2 Å². The number of carbonyl (C=O) groups is 2. The quantitative estimate of drug-likeness (QED) is 0.632. The van der Waals surface area contributed by atoms with E-state index >= 15 is 0 Å². The van der Waals surface area contributed by atoms with Gasteiger partial charge in [-0.05, 0) is 54.2 Å². The van der Waals surface area contributed by atoms with Gasteiger partial charge in [-0.15, -0.1) is 11.8 Å². The maximum Gasteiger partial charge on any atom is 0.237 e. The summed E-state index contributed by atoms with van der Waals surface area (Å²) in [5.41, 5.74) is 3.60. The molecule has 3 heterocycles. The molecule has 0 bridgehead atoms. The lowest BCUT2D eigenvalue weighted by atomic mass is 9.92. The van der Waals surface area contributed by atoms with Crippen LogP contribution in [0, 0.1) is 18.8 Å². The number of aryl methyl sites for hydroxylation is 1. The van der Waals surface area contributed by atoms with E-state index in [1.807, 2.05) is 6.07 Å². The number of thioether (sulfide) groups is 1. The van der Waals surface area contributed by atoms with Gasteiger partial charge < -0.3 is 10.6 Å². The van der Waals surface area contributed by atoms with Crippen molar-refractivity contribution in [3.05, 3.63) is 40.8 Å². The van der Waals surface area contributed by atoms with Gasteiger partial charge in [0.1, 0.15) is 11.5 Å². The fourth-order valence-corrected chi connectivity index (χ4v) is 5.83. The first-order valence-electron chi connectivity index (χ1n) is 11.4. The smallest absolute Gasteiger partial charge is 0.237 e. The van der Waals surface area contributed by atoms with Crippen LogP contribution in [0.5, 0.6) is 0 Å². The van der Waals surface area contributed by atoms with Gasteiger partial charge in [-0.3, -0.25) is 19.8 Å². The molecular weight excluding hydrogens is 408 g/mol. The Morgan fingerprint density at radius 3 is 2.90 bits per heavy atom. The van der Waals surface area contributed by atoms with E-state index in [0.29, 0.717) is 12.5 Å². The van der Waals surface area contributed by atoms with E-state index in [2.05, 4.69) is 65.2 Å². The van der Waals surface area contributed by atoms with Crippen molar-refractivity contribution in [2.75, 3.05) is 19.6 Å². The molecule has 6 nitrogen and oxygen atoms in total. The zero-order valence-corrected chi connectivity index (χ0v) is 19.5. The highest BCUT2D eigenvalue weighted by Crippen LogP contribution is 2.39. The molecule has 31 heavy (non-hydrogen) atoms. The molecule has 4 unspecified atom stereocenters. The fourth-order valence-electron chi connectivity index (χ4n) is 4.69. The summed E-state index contributed by atoms with van der Waals surface area (Å²) in [6, 6.07) is 8.32. The fraction of sp³-hybridized carbons (Fsp3) is 0.583. The van der Waals surface area contributed by atoms with Gasteiger partial charge in [-0.1, -0.05) is 38.1 Å². The summed E-state index contributed by atoms with van der Waals surface area (Å²) >= 11 is 1.59. The summed E-state index contributed by atoms with van der Waals surface area (Å²) < 4.78 is 0. The highest BCUT2D eigenvalue weighted by Gasteiger charge is 2.44. The molecule has 0 radical (unpaired) electrons. The van der Waals surface area contributed by atoms with Crippen molar-refractivity contribution in [3.63, 3.8) is 0 Å². The second-order valence-corrected chi connectivity index (χ2v) is 10.3. The van der Waals surface area contributed by atoms with Gasteiger partial charge in [0.2, 0.25) is 11.8 Å². The van der Waals surface area contributed by atoms with E-state index in [9.17, 15) is 9.59 Å². The van der Waals surface area contributed by atoms with Crippen molar-refractivity contribution in [2.45, 2.75) is 57.6 Å². The van der Waals surface area contributed by atoms with Gasteiger partial charge >= 0.3 is 0 Å². The van der Waals surface area contributed by atoms with Gasteiger partial charge in [0.15, 0.2) is 0 Å². The molecule has 7 heteroatoms. The number of carbonyl (C=O) groups excluding carboxylic acids is 2. The maximum atomic E-state index is 12.9. The Morgan fingerprint density at radius 2 is 2.13 bits per heavy atom. The molecule has 2 fully saturated rings. The van der Waals surface area contributed by atoms with E-state index in [1.54, 1.807) is 11.8 Å². The average Bonchev–Trinajstić information content (AvgIpc) is 3.18. The molecule has 4 rings (SSSR count). The number of benzene rings is 1. The molecule has 2 saturated heterocycles. The average molecular weight is 443 g/mol. The molecule has 0 aliphatic carbocycles. The van der Waals surface area contributed by atoms with Gasteiger partial charge in [0.25, 0.3) is 0 Å². The third-order valence-electron chi connectivity index (χ3n) is 6.52. The Balaban J connectivity index is 1.42. The van der Waals surface area contributed by atoms with Gasteiger partial charge in [0.05, 0.1) is 12.0 Å². The molecule has 1 aromatic carbocycles. The molecular formula is C24H34N4O2S. The van der Waals surface area contributed by atoms with Crippen molar-refractivity contribution in [3.8, 4) is 0 Å². The minimum Gasteiger partial charge on any atom is -0.356 e. The Kier molecular flexibility index (Phi) is 7.04. The third-order valence-corrected chi connectivity index (χ3v) is 7.69. The lowest BCUT2D eigenvalue weighted by Crippen LogP contribution is -2.69. The molecule has 0 aromatic heterocycles. The zero-order valence-electron chi connectivity index (χ0n) is 18.7. The minimum atomic E-state index is -0.244. The Morgan fingerprint density at radius 1 is 1.32 bits per heavy atom. The van der Waals surface area contributed by atoms with E-state index in [0.717, 1.165) is 32.4 Å². The number of hydrogen-bond acceptors (Lipinski definition) is 5. The normalized spacial score (nSPS) is 28.8. The van der Waals surface area contributed by atoms with E-state index < -0.39 is 0 Å². The molecule has 3 aliphatic rings. The van der Waals surface area contributed by atoms with Crippen molar-refractivity contribution in [2.24, 2.45) is 11.8 Å². The first-order valence-corrected chi connectivity index (χ1v) is 12.4. The zero-order chi connectivity index (χ0) is 22.0. The van der Waals surface area contributed by atoms with E-state index in [4.69, 9.17) is 0 Å². The van der Waals surface area contributed by atoms with Crippen LogP contribution < -0.4 is 16.0 Å². The van der Waals surface area contributed by atoms with E-state index in [-0.39, 0.29) is 35.3 Å². The van der Waals surface area contributed by atoms with E-state index in [1.165, 1.54) is 16.7 Å². The summed E-state index contributed by atoms with van der Waals surface area (Å²) in [5.74, 6) is 0.767. The van der Waals surface area contributed by atoms with Crippen molar-refractivity contribution >= 4 is 29.1 Å². The van der Waals surface area contributed by atoms with Crippen LogP contribution in [0.4, 0.5) is 0 Å². The number of nitrogens with one attached hydrogen (secondary N) is 3. The number of likely N-dealkylation sites (tertiary alicyclic amines) is 1. The minimum absolute atomic E-state index is 0.0231. The molecule has 1 aromatic rings. The van der Waals surface area contributed by atoms with Gasteiger partial charge in [-0.2, -0.15) is 0 Å². The summed E-state index contributed by atoms with van der Waals surface area (Å²) in [5, 5.41) is 11.9. The predicted molar refractivity (Wildman–Crippen MR) is 126 cm³/mol. The topological polar surface area (TPSA) is 73.5 Å². The first-order chi connectivity index (χ1) is 14.9. The maximum absolute atomic E-state index is 12.9. The van der Waals surface area contributed by atoms with Crippen LogP contribution in [0.15, 0.2) is 29.7 Å². The Labute approximate surface area is 189 Å². The predicted octanol–water partition coefficient (Wildman–Crippen LogP) is 2.70. The number of hydrogen-bond donors (Lipinski definition) is 3. The number of rotatable bonds is 6. The molecule has 0 spiro atoms. The highest BCUT2D eigenvalue weighted by atomic mass is 32.2. The van der Waals surface area contributed by atoms with Crippen LogP contribution in [0.3, 0.4) is 0 Å². The molecule has 2 amide bonds. The SMILES string of the molecule is Cc1ccccc1C1=CSC2C(=O)NC(N3CCCC(C(=O)NCCC(C)C)C3)NC12. The van der Waals surface area contributed by atoms with Crippen LogP contribution in [0.2, 0.25) is 0 Å². The molecule has 3 aliphatic heterocycles. The molecule has 4 atom stereocenters. The number of amides is 2. The van der Waals surface area contributed by atoms with Gasteiger partial charge in [-0.25, -0.2) is 0 Å². The second-order valence-electron chi connectivity index (χ2n) is 9.31. The van der Waals surface area contributed by atoms with Crippen LogP contribution in [-0.4, -0.2) is 53.9 Å². The largest absolute Gasteiger partial charge is 0.356 e. The van der Waals surface area contributed by atoms with Crippen LogP contribution in [0.25, 0.3) is 5.57 Å². The summed E-state index contributed by atoms with van der Waals surface area (Å²) in [7, 11) is 0. The van der Waals surface area contributed by atoms with Crippen LogP contribution >= 0.6 is 11.8 Å². The number of nitrogens with zero attached hydrogens (tertiary/aromatic N) is 1. The molecule has 0 saturated carbocycles. The monoisotopic (exact) mass is 442 g/mol. The number of fused-ring (bicyclic) bond motifs is 1. The van der Waals surface area contributed by atoms with Crippen molar-refractivity contribution < 1.29 is 9.59 Å². The lowest BCUT2D eigenvalue weighted by molar-refractivity contribution is -0.129. The summed E-state index contributed by atoms with van der Waals surface area (Å²) in [6.07, 6.45) is 2.61.